The minimum atomic E-state index is -0.302. The quantitative estimate of drug-likeness (QED) is 0.713. The number of benzene rings is 2. The Morgan fingerprint density at radius 3 is 2.86 bits per heavy atom. The number of nitrogens with one attached hydrogen (secondary N) is 2. The molecular formula is C22H21N3O4. The molecule has 0 spiro atoms. The van der Waals surface area contributed by atoms with Gasteiger partial charge in [-0.25, -0.2) is 5.10 Å². The first-order chi connectivity index (χ1) is 14.0. The maximum Gasteiger partial charge on any atom is 0.264 e. The molecule has 2 aromatic carbocycles. The highest BCUT2D eigenvalue weighted by Gasteiger charge is 2.28. The highest BCUT2D eigenvalue weighted by molar-refractivity contribution is 5.94. The molecule has 2 heterocycles. The summed E-state index contributed by atoms with van der Waals surface area (Å²) in [7, 11) is 1.60. The van der Waals surface area contributed by atoms with Gasteiger partial charge in [-0.1, -0.05) is 24.3 Å². The highest BCUT2D eigenvalue weighted by Crippen LogP contribution is 2.36. The molecule has 1 aromatic heterocycles. The highest BCUT2D eigenvalue weighted by atomic mass is 16.5. The van der Waals surface area contributed by atoms with Crippen LogP contribution in [0.5, 0.6) is 11.5 Å². The van der Waals surface area contributed by atoms with Crippen molar-refractivity contribution in [2.45, 2.75) is 13.3 Å². The fourth-order valence-electron chi connectivity index (χ4n) is 3.38. The summed E-state index contributed by atoms with van der Waals surface area (Å²) in [6, 6.07) is 14.4. The number of fused-ring (bicyclic) bond motifs is 1. The lowest BCUT2D eigenvalue weighted by Gasteiger charge is -2.26. The lowest BCUT2D eigenvalue weighted by Crippen LogP contribution is -2.32. The molecule has 7 heteroatoms. The van der Waals surface area contributed by atoms with Crippen LogP contribution in [0.25, 0.3) is 11.3 Å². The number of rotatable bonds is 4. The molecular weight excluding hydrogens is 370 g/mol. The van der Waals surface area contributed by atoms with E-state index < -0.39 is 0 Å². The number of hydrogen-bond acceptors (Lipinski definition) is 5. The lowest BCUT2D eigenvalue weighted by atomic mass is 9.95. The summed E-state index contributed by atoms with van der Waals surface area (Å²) in [5.74, 6) is 0.983. The van der Waals surface area contributed by atoms with Crippen LogP contribution in [0.3, 0.4) is 0 Å². The molecule has 0 saturated carbocycles. The fraction of sp³-hybridized carbons (Fsp3) is 0.227. The van der Waals surface area contributed by atoms with E-state index in [0.29, 0.717) is 35.9 Å². The molecule has 1 atom stereocenters. The maximum atomic E-state index is 12.9. The number of carbonyl (C=O) groups excluding carboxylic acids is 1. The van der Waals surface area contributed by atoms with Gasteiger partial charge in [0.25, 0.3) is 5.56 Å². The van der Waals surface area contributed by atoms with Crippen molar-refractivity contribution in [3.05, 3.63) is 70.0 Å². The van der Waals surface area contributed by atoms with E-state index in [1.54, 1.807) is 13.2 Å². The molecule has 0 fully saturated rings. The second-order valence-electron chi connectivity index (χ2n) is 6.99. The first-order valence-electron chi connectivity index (χ1n) is 9.31. The summed E-state index contributed by atoms with van der Waals surface area (Å²) in [6.45, 7) is 2.22. The van der Waals surface area contributed by atoms with Gasteiger partial charge in [-0.15, -0.1) is 0 Å². The number of ether oxygens (including phenoxy) is 2. The van der Waals surface area contributed by atoms with Gasteiger partial charge in [0, 0.05) is 17.3 Å². The maximum absolute atomic E-state index is 12.9. The number of para-hydroxylation sites is 1. The van der Waals surface area contributed by atoms with Crippen LogP contribution < -0.4 is 20.3 Å². The molecule has 1 unspecified atom stereocenters. The normalized spacial score (nSPS) is 15.2. The zero-order valence-electron chi connectivity index (χ0n) is 16.2. The van der Waals surface area contributed by atoms with E-state index in [-0.39, 0.29) is 17.4 Å². The molecule has 0 aliphatic carbocycles. The minimum absolute atomic E-state index is 0.104. The summed E-state index contributed by atoms with van der Waals surface area (Å²) in [6.07, 6.45) is 0.582. The smallest absolute Gasteiger partial charge is 0.264 e. The largest absolute Gasteiger partial charge is 0.493 e. The average Bonchev–Trinajstić information content (AvgIpc) is 2.75. The number of aryl methyl sites for hydroxylation is 1. The van der Waals surface area contributed by atoms with Gasteiger partial charge in [0.15, 0.2) is 11.5 Å². The number of anilines is 1. The van der Waals surface area contributed by atoms with Gasteiger partial charge in [0.2, 0.25) is 5.91 Å². The predicted molar refractivity (Wildman–Crippen MR) is 109 cm³/mol. The molecule has 7 nitrogen and oxygen atoms in total. The standard InChI is InChI=1S/C22H21N3O4/c1-13-6-7-14(17-8-9-20(26)25-24-17)11-18(13)23-22(27)16-10-15-4-3-5-19(28-2)21(15)29-12-16/h3-9,11,16H,10,12H2,1-2H3,(H,23,27)(H,25,26). The Labute approximate surface area is 167 Å². The summed E-state index contributed by atoms with van der Waals surface area (Å²) in [5.41, 5.74) is 3.77. The number of nitrogens with zero attached hydrogens (tertiary/aromatic N) is 1. The Morgan fingerprint density at radius 1 is 1.24 bits per heavy atom. The number of carbonyl (C=O) groups is 1. The van der Waals surface area contributed by atoms with Crippen molar-refractivity contribution in [2.24, 2.45) is 5.92 Å². The molecule has 1 aliphatic rings. The lowest BCUT2D eigenvalue weighted by molar-refractivity contribution is -0.121. The van der Waals surface area contributed by atoms with Gasteiger partial charge in [0.05, 0.1) is 18.7 Å². The number of aromatic nitrogens is 2. The zero-order chi connectivity index (χ0) is 20.4. The van der Waals surface area contributed by atoms with E-state index in [0.717, 1.165) is 16.7 Å². The molecule has 0 saturated heterocycles. The Hall–Kier alpha value is -3.61. The van der Waals surface area contributed by atoms with E-state index in [2.05, 4.69) is 15.5 Å². The van der Waals surface area contributed by atoms with Crippen LogP contribution in [0.4, 0.5) is 5.69 Å². The van der Waals surface area contributed by atoms with Crippen LogP contribution in [0, 0.1) is 12.8 Å². The Balaban J connectivity index is 1.53. The Morgan fingerprint density at radius 2 is 2.10 bits per heavy atom. The van der Waals surface area contributed by atoms with Crippen molar-refractivity contribution in [3.8, 4) is 22.8 Å². The van der Waals surface area contributed by atoms with E-state index in [9.17, 15) is 9.59 Å². The van der Waals surface area contributed by atoms with Gasteiger partial charge in [-0.2, -0.15) is 5.10 Å². The molecule has 29 heavy (non-hydrogen) atoms. The van der Waals surface area contributed by atoms with E-state index in [1.165, 1.54) is 6.07 Å². The van der Waals surface area contributed by atoms with Crippen molar-refractivity contribution in [1.82, 2.24) is 10.2 Å². The zero-order valence-corrected chi connectivity index (χ0v) is 16.2. The van der Waals surface area contributed by atoms with E-state index in [1.807, 2.05) is 43.3 Å². The van der Waals surface area contributed by atoms with Crippen molar-refractivity contribution < 1.29 is 14.3 Å². The third kappa shape index (κ3) is 3.85. The van der Waals surface area contributed by atoms with Gasteiger partial charge < -0.3 is 14.8 Å². The molecule has 3 aromatic rings. The van der Waals surface area contributed by atoms with Crippen molar-refractivity contribution >= 4 is 11.6 Å². The fourth-order valence-corrected chi connectivity index (χ4v) is 3.38. The first kappa shape index (κ1) is 18.7. The molecule has 0 bridgehead atoms. The molecule has 0 radical (unpaired) electrons. The molecule has 1 aliphatic heterocycles. The van der Waals surface area contributed by atoms with Crippen LogP contribution in [0.1, 0.15) is 11.1 Å². The second-order valence-corrected chi connectivity index (χ2v) is 6.99. The van der Waals surface area contributed by atoms with Gasteiger partial charge in [0.1, 0.15) is 6.61 Å². The molecule has 2 N–H and O–H groups in total. The van der Waals surface area contributed by atoms with Crippen LogP contribution >= 0.6 is 0 Å². The van der Waals surface area contributed by atoms with Crippen LogP contribution in [0.2, 0.25) is 0 Å². The monoisotopic (exact) mass is 391 g/mol. The van der Waals surface area contributed by atoms with Crippen LogP contribution in [-0.2, 0) is 11.2 Å². The summed E-state index contributed by atoms with van der Waals surface area (Å²) in [4.78, 5) is 24.1. The van der Waals surface area contributed by atoms with Crippen LogP contribution in [-0.4, -0.2) is 29.8 Å². The number of H-pyrrole nitrogens is 1. The number of hydrogen-bond donors (Lipinski definition) is 2. The van der Waals surface area contributed by atoms with E-state index >= 15 is 0 Å². The van der Waals surface area contributed by atoms with Crippen molar-refractivity contribution in [1.29, 1.82) is 0 Å². The van der Waals surface area contributed by atoms with E-state index in [4.69, 9.17) is 9.47 Å². The van der Waals surface area contributed by atoms with Crippen molar-refractivity contribution in [3.63, 3.8) is 0 Å². The summed E-state index contributed by atoms with van der Waals surface area (Å²) < 4.78 is 11.2. The third-order valence-electron chi connectivity index (χ3n) is 5.02. The number of methoxy groups -OCH3 is 1. The van der Waals surface area contributed by atoms with Gasteiger partial charge in [-0.05, 0) is 42.7 Å². The van der Waals surface area contributed by atoms with Crippen molar-refractivity contribution in [2.75, 3.05) is 19.0 Å². The Kier molecular flexibility index (Phi) is 5.03. The number of aromatic amines is 1. The average molecular weight is 391 g/mol. The summed E-state index contributed by atoms with van der Waals surface area (Å²) in [5, 5.41) is 9.48. The molecule has 4 rings (SSSR count). The van der Waals surface area contributed by atoms with Gasteiger partial charge in [-0.3, -0.25) is 9.59 Å². The first-order valence-corrected chi connectivity index (χ1v) is 9.31. The minimum Gasteiger partial charge on any atom is -0.493 e. The van der Waals surface area contributed by atoms with Crippen LogP contribution in [0.15, 0.2) is 53.3 Å². The number of amides is 1. The second kappa shape index (κ2) is 7.79. The molecule has 148 valence electrons. The van der Waals surface area contributed by atoms with Gasteiger partial charge >= 0.3 is 0 Å². The topological polar surface area (TPSA) is 93.3 Å². The Bertz CT molecular complexity index is 1100. The molecule has 1 amide bonds. The summed E-state index contributed by atoms with van der Waals surface area (Å²) >= 11 is 0. The third-order valence-corrected chi connectivity index (χ3v) is 5.02. The SMILES string of the molecule is COc1cccc2c1OCC(C(=O)Nc1cc(-c3ccc(=O)[nH]n3)ccc1C)C2. The predicted octanol–water partition coefficient (Wildman–Crippen LogP) is 2.94.